The smallest absolute Gasteiger partial charge is 0.0597 e. The summed E-state index contributed by atoms with van der Waals surface area (Å²) in [5.41, 5.74) is 1.57. The van der Waals surface area contributed by atoms with Gasteiger partial charge in [0, 0.05) is 18.0 Å². The van der Waals surface area contributed by atoms with Crippen molar-refractivity contribution >= 4 is 0 Å². The Bertz CT molecular complexity index is 760. The summed E-state index contributed by atoms with van der Waals surface area (Å²) in [6.45, 7) is 12.4. The predicted molar refractivity (Wildman–Crippen MR) is 124 cm³/mol. The number of aliphatic hydroxyl groups excluding tert-OH is 1. The lowest BCUT2D eigenvalue weighted by Crippen LogP contribution is -2.58. The molecule has 0 aromatic heterocycles. The third-order valence-electron chi connectivity index (χ3n) is 12.3. The van der Waals surface area contributed by atoms with E-state index < -0.39 is 0 Å². The monoisotopic (exact) mass is 414 g/mol. The first-order chi connectivity index (χ1) is 13.9. The molecule has 0 aromatic rings. The molecule has 5 aliphatic rings. The van der Waals surface area contributed by atoms with Gasteiger partial charge in [-0.2, -0.15) is 0 Å². The van der Waals surface area contributed by atoms with Gasteiger partial charge in [0.05, 0.1) is 6.10 Å². The van der Waals surface area contributed by atoms with E-state index in [1.165, 1.54) is 32.1 Å². The molecule has 10 unspecified atom stereocenters. The maximum Gasteiger partial charge on any atom is 0.0597 e. The maximum absolute atomic E-state index is 11.4. The van der Waals surface area contributed by atoms with Crippen LogP contribution in [0.3, 0.4) is 0 Å². The van der Waals surface area contributed by atoms with Gasteiger partial charge in [-0.1, -0.05) is 39.8 Å². The number of nitrogens with one attached hydrogen (secondary N) is 1. The lowest BCUT2D eigenvalue weighted by Gasteiger charge is -2.61. The van der Waals surface area contributed by atoms with Crippen molar-refractivity contribution in [3.63, 3.8) is 0 Å². The minimum absolute atomic E-state index is 0.0837. The molecule has 30 heavy (non-hydrogen) atoms. The number of fused-ring (bicyclic) bond motifs is 2. The Balaban J connectivity index is 1.56. The van der Waals surface area contributed by atoms with Crippen molar-refractivity contribution in [1.29, 1.82) is 0 Å². The summed E-state index contributed by atoms with van der Waals surface area (Å²) in [7, 11) is 6.51. The van der Waals surface area contributed by atoms with Gasteiger partial charge in [0.2, 0.25) is 0 Å². The van der Waals surface area contributed by atoms with Gasteiger partial charge >= 0.3 is 0 Å². The molecule has 4 saturated carbocycles. The van der Waals surface area contributed by atoms with E-state index in [4.69, 9.17) is 0 Å². The van der Waals surface area contributed by atoms with Gasteiger partial charge in [0.15, 0.2) is 0 Å². The molecule has 5 rings (SSSR count). The average Bonchev–Trinajstić information content (AvgIpc) is 3.27. The standard InChI is InChI=1S/C27H46N2O/c1-17(29(7)8)22-18(30)15-25(5)20-10-9-19-23(2,3)21(28-6)11-12-26(19)16-27(20,26)14-13-24(22,25)4/h13-14,17-22,28,30H,9-12,15-16H2,1-8H3. The van der Waals surface area contributed by atoms with Gasteiger partial charge in [0.1, 0.15) is 0 Å². The largest absolute Gasteiger partial charge is 0.393 e. The van der Waals surface area contributed by atoms with Crippen LogP contribution < -0.4 is 5.32 Å². The molecule has 0 saturated heterocycles. The molecule has 3 nitrogen and oxygen atoms in total. The third-order valence-corrected chi connectivity index (χ3v) is 12.3. The van der Waals surface area contributed by atoms with Crippen molar-refractivity contribution < 1.29 is 5.11 Å². The van der Waals surface area contributed by atoms with Crippen LogP contribution in [0.2, 0.25) is 0 Å². The van der Waals surface area contributed by atoms with Crippen molar-refractivity contribution in [1.82, 2.24) is 10.2 Å². The van der Waals surface area contributed by atoms with Crippen molar-refractivity contribution in [2.45, 2.75) is 91.3 Å². The zero-order valence-electron chi connectivity index (χ0n) is 20.8. The molecule has 0 aromatic carbocycles. The molecule has 2 N–H and O–H groups in total. The van der Waals surface area contributed by atoms with Crippen molar-refractivity contribution in [3.05, 3.63) is 12.2 Å². The highest BCUT2D eigenvalue weighted by Crippen LogP contribution is 2.87. The van der Waals surface area contributed by atoms with Crippen LogP contribution in [0.25, 0.3) is 0 Å². The van der Waals surface area contributed by atoms with Crippen molar-refractivity contribution in [2.24, 2.45) is 44.8 Å². The summed E-state index contributed by atoms with van der Waals surface area (Å²) < 4.78 is 0. The summed E-state index contributed by atoms with van der Waals surface area (Å²) in [6, 6.07) is 1.04. The van der Waals surface area contributed by atoms with Gasteiger partial charge in [-0.05, 0) is 106 Å². The lowest BCUT2D eigenvalue weighted by atomic mass is 9.44. The van der Waals surface area contributed by atoms with Crippen LogP contribution in [-0.2, 0) is 0 Å². The number of aliphatic hydroxyl groups is 1. The zero-order valence-corrected chi connectivity index (χ0v) is 20.8. The molecule has 0 heterocycles. The van der Waals surface area contributed by atoms with E-state index in [1.807, 2.05) is 0 Å². The molecule has 5 aliphatic carbocycles. The van der Waals surface area contributed by atoms with Crippen LogP contribution >= 0.6 is 0 Å². The van der Waals surface area contributed by atoms with E-state index in [0.717, 1.165) is 18.3 Å². The summed E-state index contributed by atoms with van der Waals surface area (Å²) in [6.07, 6.45) is 13.0. The van der Waals surface area contributed by atoms with Gasteiger partial charge in [0.25, 0.3) is 0 Å². The average molecular weight is 415 g/mol. The molecule has 3 heteroatoms. The fourth-order valence-electron chi connectivity index (χ4n) is 10.4. The highest BCUT2D eigenvalue weighted by atomic mass is 16.3. The molecule has 170 valence electrons. The Hall–Kier alpha value is -0.380. The molecule has 10 atom stereocenters. The normalized spacial score (nSPS) is 56.7. The van der Waals surface area contributed by atoms with Crippen molar-refractivity contribution in [2.75, 3.05) is 21.1 Å². The second-order valence-corrected chi connectivity index (χ2v) is 13.3. The molecule has 0 radical (unpaired) electrons. The summed E-state index contributed by atoms with van der Waals surface area (Å²) in [5, 5.41) is 15.0. The van der Waals surface area contributed by atoms with E-state index in [1.54, 1.807) is 0 Å². The SMILES string of the molecule is CNC1CCC23CC24C=CC2(C)C(C(C)N(C)C)C(O)CC2(C)C4CCC3C1(C)C. The Morgan fingerprint density at radius 2 is 1.70 bits per heavy atom. The number of allylic oxidation sites excluding steroid dienone is 2. The number of nitrogens with zero attached hydrogens (tertiary/aromatic N) is 1. The second kappa shape index (κ2) is 6.14. The summed E-state index contributed by atoms with van der Waals surface area (Å²) in [4.78, 5) is 2.32. The van der Waals surface area contributed by atoms with E-state index >= 15 is 0 Å². The van der Waals surface area contributed by atoms with Gasteiger partial charge in [-0.3, -0.25) is 0 Å². The predicted octanol–water partition coefficient (Wildman–Crippen LogP) is 4.71. The van der Waals surface area contributed by atoms with Gasteiger partial charge in [-0.25, -0.2) is 0 Å². The first-order valence-electron chi connectivity index (χ1n) is 12.6. The Morgan fingerprint density at radius 3 is 2.33 bits per heavy atom. The van der Waals surface area contributed by atoms with E-state index in [9.17, 15) is 5.11 Å². The van der Waals surface area contributed by atoms with E-state index in [-0.39, 0.29) is 16.9 Å². The molecule has 0 amide bonds. The zero-order chi connectivity index (χ0) is 21.9. The first kappa shape index (κ1) is 21.5. The number of hydrogen-bond acceptors (Lipinski definition) is 3. The molecule has 0 bridgehead atoms. The highest BCUT2D eigenvalue weighted by Gasteiger charge is 2.81. The van der Waals surface area contributed by atoms with Crippen LogP contribution in [0.15, 0.2) is 12.2 Å². The van der Waals surface area contributed by atoms with Crippen LogP contribution in [0.4, 0.5) is 0 Å². The van der Waals surface area contributed by atoms with Gasteiger partial charge < -0.3 is 15.3 Å². The molecular formula is C27H46N2O. The Labute approximate surface area is 185 Å². The third kappa shape index (κ3) is 2.19. The van der Waals surface area contributed by atoms with E-state index in [2.05, 4.69) is 78.1 Å². The minimum atomic E-state index is -0.193. The fourth-order valence-corrected chi connectivity index (χ4v) is 10.4. The second-order valence-electron chi connectivity index (χ2n) is 13.3. The molecular weight excluding hydrogens is 368 g/mol. The topological polar surface area (TPSA) is 35.5 Å². The summed E-state index contributed by atoms with van der Waals surface area (Å²) >= 11 is 0. The lowest BCUT2D eigenvalue weighted by molar-refractivity contribution is -0.0915. The number of hydrogen-bond donors (Lipinski definition) is 2. The maximum atomic E-state index is 11.4. The van der Waals surface area contributed by atoms with Crippen molar-refractivity contribution in [3.8, 4) is 0 Å². The molecule has 2 spiro atoms. The van der Waals surface area contributed by atoms with Crippen LogP contribution in [0.1, 0.15) is 73.1 Å². The van der Waals surface area contributed by atoms with Gasteiger partial charge in [-0.15, -0.1) is 0 Å². The van der Waals surface area contributed by atoms with Crippen LogP contribution in [-0.4, -0.2) is 49.3 Å². The Morgan fingerprint density at radius 1 is 1.03 bits per heavy atom. The van der Waals surface area contributed by atoms with Crippen LogP contribution in [0.5, 0.6) is 0 Å². The van der Waals surface area contributed by atoms with E-state index in [0.29, 0.717) is 34.2 Å². The Kier molecular flexibility index (Phi) is 4.39. The minimum Gasteiger partial charge on any atom is -0.393 e. The van der Waals surface area contributed by atoms with Crippen LogP contribution in [0, 0.1) is 44.8 Å². The first-order valence-corrected chi connectivity index (χ1v) is 12.6. The number of rotatable bonds is 3. The molecule has 0 aliphatic heterocycles. The summed E-state index contributed by atoms with van der Waals surface area (Å²) in [5.74, 6) is 1.87. The quantitative estimate of drug-likeness (QED) is 0.657. The fraction of sp³-hybridized carbons (Fsp3) is 0.926. The molecule has 4 fully saturated rings. The highest BCUT2D eigenvalue weighted by molar-refractivity contribution is 5.39.